The van der Waals surface area contributed by atoms with E-state index in [1.165, 1.54) is 33.6 Å². The number of benzene rings is 6. The first-order chi connectivity index (χ1) is 21.0. The number of nitrogens with zero attached hydrogens (tertiary/aromatic N) is 3. The molecule has 1 aliphatic rings. The zero-order chi connectivity index (χ0) is 29.1. The van der Waals surface area contributed by atoms with Gasteiger partial charge in [-0.15, -0.1) is 0 Å². The maximum Gasteiger partial charge on any atom is 0.0991 e. The van der Waals surface area contributed by atoms with Crippen molar-refractivity contribution in [3.63, 3.8) is 0 Å². The van der Waals surface area contributed by atoms with Crippen molar-refractivity contribution in [2.45, 2.75) is 19.3 Å². The van der Waals surface area contributed by atoms with E-state index in [-0.39, 0.29) is 5.41 Å². The molecule has 0 aliphatic carbocycles. The van der Waals surface area contributed by atoms with E-state index in [9.17, 15) is 5.26 Å². The van der Waals surface area contributed by atoms with E-state index in [4.69, 9.17) is 0 Å². The van der Waals surface area contributed by atoms with Crippen LogP contribution in [0, 0.1) is 11.3 Å². The van der Waals surface area contributed by atoms with Gasteiger partial charge in [0.05, 0.1) is 34.0 Å². The molecule has 3 nitrogen and oxygen atoms in total. The Balaban J connectivity index is 1.17. The van der Waals surface area contributed by atoms with Crippen LogP contribution < -0.4 is 4.90 Å². The number of hydrogen-bond acceptors (Lipinski definition) is 2. The molecule has 0 fully saturated rings. The summed E-state index contributed by atoms with van der Waals surface area (Å²) in [5.74, 6) is 0. The summed E-state index contributed by atoms with van der Waals surface area (Å²) in [6.45, 7) is 4.63. The molecular weight excluding hydrogens is 522 g/mol. The van der Waals surface area contributed by atoms with Gasteiger partial charge in [0, 0.05) is 27.6 Å². The average molecular weight is 552 g/mol. The van der Waals surface area contributed by atoms with Gasteiger partial charge in [0.25, 0.3) is 0 Å². The third-order valence-corrected chi connectivity index (χ3v) is 9.02. The van der Waals surface area contributed by atoms with Gasteiger partial charge in [-0.05, 0) is 82.9 Å². The molecule has 1 aliphatic heterocycles. The Labute approximate surface area is 251 Å². The molecule has 204 valence electrons. The predicted molar refractivity (Wildman–Crippen MR) is 178 cm³/mol. The Morgan fingerprint density at radius 2 is 1.07 bits per heavy atom. The molecule has 0 spiro atoms. The second-order valence-electron chi connectivity index (χ2n) is 11.8. The van der Waals surface area contributed by atoms with Gasteiger partial charge in [0.2, 0.25) is 0 Å². The molecule has 7 aromatic rings. The van der Waals surface area contributed by atoms with Crippen molar-refractivity contribution in [3.8, 4) is 22.9 Å². The van der Waals surface area contributed by atoms with Crippen LogP contribution in [0.15, 0.2) is 140 Å². The summed E-state index contributed by atoms with van der Waals surface area (Å²) in [7, 11) is 0. The first kappa shape index (κ1) is 25.1. The quantitative estimate of drug-likeness (QED) is 0.219. The van der Waals surface area contributed by atoms with Crippen LogP contribution in [-0.4, -0.2) is 4.57 Å². The van der Waals surface area contributed by atoms with Crippen molar-refractivity contribution in [2.75, 3.05) is 4.90 Å². The zero-order valence-electron chi connectivity index (χ0n) is 24.1. The van der Waals surface area contributed by atoms with Gasteiger partial charge < -0.3 is 9.47 Å². The highest BCUT2D eigenvalue weighted by molar-refractivity contribution is 6.09. The van der Waals surface area contributed by atoms with Crippen molar-refractivity contribution in [1.29, 1.82) is 5.26 Å². The molecule has 0 N–H and O–H groups in total. The van der Waals surface area contributed by atoms with Gasteiger partial charge in [-0.3, -0.25) is 0 Å². The van der Waals surface area contributed by atoms with Crippen LogP contribution in [0.25, 0.3) is 38.6 Å². The van der Waals surface area contributed by atoms with Crippen LogP contribution in [-0.2, 0) is 5.41 Å². The molecule has 2 heterocycles. The average Bonchev–Trinajstić information content (AvgIpc) is 3.39. The molecule has 1 aromatic heterocycles. The maximum absolute atomic E-state index is 9.47. The summed E-state index contributed by atoms with van der Waals surface area (Å²) >= 11 is 0. The molecule has 6 aromatic carbocycles. The Hall–Kier alpha value is -5.59. The SMILES string of the molecule is CC1(C)c2ccccc2N(c2ccc(-c3ccc(-n4c5ccccc5c5cc(C#N)ccc54)cc3)cc2)c2ccccc21. The summed E-state index contributed by atoms with van der Waals surface area (Å²) in [5, 5.41) is 11.7. The lowest BCUT2D eigenvalue weighted by atomic mass is 9.73. The summed E-state index contributed by atoms with van der Waals surface area (Å²) in [6, 6.07) is 51.8. The highest BCUT2D eigenvalue weighted by Gasteiger charge is 2.36. The second-order valence-corrected chi connectivity index (χ2v) is 11.8. The van der Waals surface area contributed by atoms with E-state index in [2.05, 4.69) is 157 Å². The first-order valence-corrected chi connectivity index (χ1v) is 14.7. The molecule has 0 amide bonds. The van der Waals surface area contributed by atoms with Crippen molar-refractivity contribution in [1.82, 2.24) is 4.57 Å². The topological polar surface area (TPSA) is 32.0 Å². The van der Waals surface area contributed by atoms with Gasteiger partial charge in [-0.25, -0.2) is 0 Å². The van der Waals surface area contributed by atoms with Gasteiger partial charge >= 0.3 is 0 Å². The fraction of sp³-hybridized carbons (Fsp3) is 0.0750. The monoisotopic (exact) mass is 551 g/mol. The lowest BCUT2D eigenvalue weighted by molar-refractivity contribution is 0.632. The summed E-state index contributed by atoms with van der Waals surface area (Å²) in [5.41, 5.74) is 12.6. The minimum absolute atomic E-state index is 0.0697. The van der Waals surface area contributed by atoms with Crippen molar-refractivity contribution < 1.29 is 0 Å². The normalized spacial score (nSPS) is 13.5. The van der Waals surface area contributed by atoms with Crippen molar-refractivity contribution in [2.24, 2.45) is 0 Å². The summed E-state index contributed by atoms with van der Waals surface area (Å²) in [6.07, 6.45) is 0. The third kappa shape index (κ3) is 3.81. The third-order valence-electron chi connectivity index (χ3n) is 9.02. The van der Waals surface area contributed by atoms with Crippen LogP contribution in [0.5, 0.6) is 0 Å². The van der Waals surface area contributed by atoms with Crippen LogP contribution in [0.3, 0.4) is 0 Å². The molecule has 8 rings (SSSR count). The Morgan fingerprint density at radius 1 is 0.535 bits per heavy atom. The lowest BCUT2D eigenvalue weighted by Crippen LogP contribution is -2.30. The number of aromatic nitrogens is 1. The Morgan fingerprint density at radius 3 is 1.70 bits per heavy atom. The minimum Gasteiger partial charge on any atom is -0.310 e. The lowest BCUT2D eigenvalue weighted by Gasteiger charge is -2.42. The highest BCUT2D eigenvalue weighted by Crippen LogP contribution is 2.51. The van der Waals surface area contributed by atoms with Crippen LogP contribution in [0.1, 0.15) is 30.5 Å². The number of para-hydroxylation sites is 3. The summed E-state index contributed by atoms with van der Waals surface area (Å²) < 4.78 is 2.28. The van der Waals surface area contributed by atoms with E-state index in [1.807, 2.05) is 12.1 Å². The van der Waals surface area contributed by atoms with E-state index in [1.54, 1.807) is 0 Å². The standard InChI is InChI=1S/C40H29N3/c1-40(2)34-10-4-7-13-38(34)43(39-14-8-5-11-35(39)40)31-22-18-29(19-23-31)28-16-20-30(21-17-28)42-36-12-6-3-9-32(36)33-25-27(26-41)15-24-37(33)42/h3-25H,1-2H3. The Kier molecular flexibility index (Phi) is 5.54. The fourth-order valence-corrected chi connectivity index (χ4v) is 6.87. The number of fused-ring (bicyclic) bond motifs is 5. The Bertz CT molecular complexity index is 2160. The molecule has 0 bridgehead atoms. The first-order valence-electron chi connectivity index (χ1n) is 14.7. The molecule has 0 radical (unpaired) electrons. The van der Waals surface area contributed by atoms with E-state index >= 15 is 0 Å². The smallest absolute Gasteiger partial charge is 0.0991 e. The van der Waals surface area contributed by atoms with Gasteiger partial charge in [0.1, 0.15) is 0 Å². The molecule has 0 atom stereocenters. The molecule has 0 saturated heterocycles. The minimum atomic E-state index is -0.0697. The van der Waals surface area contributed by atoms with Gasteiger partial charge in [-0.1, -0.05) is 92.7 Å². The van der Waals surface area contributed by atoms with Gasteiger partial charge in [0.15, 0.2) is 0 Å². The predicted octanol–water partition coefficient (Wildman–Crippen LogP) is 10.4. The maximum atomic E-state index is 9.47. The summed E-state index contributed by atoms with van der Waals surface area (Å²) in [4.78, 5) is 2.39. The second kappa shape index (κ2) is 9.48. The molecule has 0 saturated carbocycles. The van der Waals surface area contributed by atoms with Crippen molar-refractivity contribution >= 4 is 38.9 Å². The number of anilines is 3. The van der Waals surface area contributed by atoms with Crippen molar-refractivity contribution in [3.05, 3.63) is 156 Å². The fourth-order valence-electron chi connectivity index (χ4n) is 6.87. The molecule has 3 heteroatoms. The largest absolute Gasteiger partial charge is 0.310 e. The molecule has 43 heavy (non-hydrogen) atoms. The van der Waals surface area contributed by atoms with Crippen LogP contribution in [0.2, 0.25) is 0 Å². The van der Waals surface area contributed by atoms with Gasteiger partial charge in [-0.2, -0.15) is 5.26 Å². The number of rotatable bonds is 3. The van der Waals surface area contributed by atoms with Crippen LogP contribution in [0.4, 0.5) is 17.1 Å². The molecule has 0 unspecified atom stereocenters. The number of hydrogen-bond donors (Lipinski definition) is 0. The van der Waals surface area contributed by atoms with E-state index < -0.39 is 0 Å². The highest BCUT2D eigenvalue weighted by atomic mass is 15.2. The number of nitriles is 1. The molecular formula is C40H29N3. The van der Waals surface area contributed by atoms with E-state index in [0.717, 1.165) is 33.2 Å². The zero-order valence-corrected chi connectivity index (χ0v) is 24.1. The van der Waals surface area contributed by atoms with E-state index in [0.29, 0.717) is 5.56 Å². The van der Waals surface area contributed by atoms with Crippen LogP contribution >= 0.6 is 0 Å².